The first-order valence-electron chi connectivity index (χ1n) is 8.51. The maximum Gasteiger partial charge on any atom is 0.343 e. The van der Waals surface area contributed by atoms with Crippen molar-refractivity contribution in [2.45, 2.75) is 26.8 Å². The summed E-state index contributed by atoms with van der Waals surface area (Å²) in [6.07, 6.45) is 4.20. The van der Waals surface area contributed by atoms with Crippen molar-refractivity contribution < 1.29 is 14.3 Å². The molecule has 2 amide bonds. The van der Waals surface area contributed by atoms with Crippen LogP contribution in [0.1, 0.15) is 36.2 Å². The van der Waals surface area contributed by atoms with Crippen LogP contribution in [0.25, 0.3) is 0 Å². The lowest BCUT2D eigenvalue weighted by Crippen LogP contribution is -2.36. The molecule has 8 heteroatoms. The van der Waals surface area contributed by atoms with Gasteiger partial charge in [0.25, 0.3) is 0 Å². The van der Waals surface area contributed by atoms with Crippen LogP contribution in [0.2, 0.25) is 0 Å². The molecule has 0 saturated heterocycles. The van der Waals surface area contributed by atoms with E-state index in [1.807, 2.05) is 37.3 Å². The van der Waals surface area contributed by atoms with Gasteiger partial charge < -0.3 is 10.1 Å². The number of carbonyl (C=O) groups is 2. The number of amides is 2. The minimum absolute atomic E-state index is 0.253. The van der Waals surface area contributed by atoms with Crippen molar-refractivity contribution in [1.29, 1.82) is 0 Å². The highest BCUT2D eigenvalue weighted by Gasteiger charge is 2.26. The zero-order valence-corrected chi connectivity index (χ0v) is 16.1. The molecule has 2 rings (SSSR count). The summed E-state index contributed by atoms with van der Waals surface area (Å²) in [5, 5.41) is 7.27. The van der Waals surface area contributed by atoms with E-state index in [1.165, 1.54) is 16.3 Å². The van der Waals surface area contributed by atoms with Gasteiger partial charge in [0.1, 0.15) is 5.56 Å². The fourth-order valence-corrected chi connectivity index (χ4v) is 2.87. The number of urea groups is 1. The van der Waals surface area contributed by atoms with Crippen LogP contribution < -0.4 is 9.62 Å². The Balaban J connectivity index is 2.34. The third kappa shape index (κ3) is 5.01. The Morgan fingerprint density at radius 2 is 2.00 bits per heavy atom. The first kappa shape index (κ1) is 19.8. The molecule has 0 aliphatic heterocycles. The number of benzene rings is 1. The number of nitrogens with one attached hydrogen (secondary N) is 1. The molecule has 7 nitrogen and oxygen atoms in total. The smallest absolute Gasteiger partial charge is 0.343 e. The normalized spacial score (nSPS) is 10.4. The van der Waals surface area contributed by atoms with E-state index in [4.69, 9.17) is 4.74 Å². The Morgan fingerprint density at radius 3 is 2.62 bits per heavy atom. The number of hydrogen-bond acceptors (Lipinski definition) is 5. The third-order valence-electron chi connectivity index (χ3n) is 3.51. The maximum absolute atomic E-state index is 12.4. The molecule has 1 aromatic carbocycles. The van der Waals surface area contributed by atoms with Gasteiger partial charge in [-0.05, 0) is 30.9 Å². The number of aromatic nitrogens is 2. The zero-order chi connectivity index (χ0) is 18.9. The van der Waals surface area contributed by atoms with Crippen LogP contribution in [-0.4, -0.2) is 41.2 Å². The quantitative estimate of drug-likeness (QED) is 0.565. The third-order valence-corrected chi connectivity index (χ3v) is 4.21. The van der Waals surface area contributed by atoms with E-state index >= 15 is 0 Å². The van der Waals surface area contributed by atoms with Crippen molar-refractivity contribution in [3.8, 4) is 0 Å². The fraction of sp³-hybridized carbons (Fsp3) is 0.389. The monoisotopic (exact) mass is 376 g/mol. The van der Waals surface area contributed by atoms with Gasteiger partial charge in [0, 0.05) is 19.0 Å². The SMILES string of the molecule is CCCNC(=O)N(SC)c1nn(Cc2ccccc2)cc1C(=O)OCC. The van der Waals surface area contributed by atoms with Gasteiger partial charge in [0.2, 0.25) is 0 Å². The number of rotatable bonds is 8. The van der Waals surface area contributed by atoms with Gasteiger partial charge in [-0.25, -0.2) is 13.9 Å². The van der Waals surface area contributed by atoms with E-state index in [-0.39, 0.29) is 24.0 Å². The van der Waals surface area contributed by atoms with Crippen LogP contribution in [0, 0.1) is 0 Å². The predicted octanol–water partition coefficient (Wildman–Crippen LogP) is 3.31. The van der Waals surface area contributed by atoms with Gasteiger partial charge in [-0.1, -0.05) is 37.3 Å². The standard InChI is InChI=1S/C18H24N4O3S/c1-4-11-19-18(24)22(26-3)16-15(17(23)25-5-2)13-21(20-16)12-14-9-7-6-8-10-14/h6-10,13H,4-5,11-12H2,1-3H3,(H,19,24). The summed E-state index contributed by atoms with van der Waals surface area (Å²) in [5.41, 5.74) is 1.31. The van der Waals surface area contributed by atoms with E-state index in [1.54, 1.807) is 24.1 Å². The second-order valence-corrected chi connectivity index (χ2v) is 6.21. The van der Waals surface area contributed by atoms with Gasteiger partial charge in [0.05, 0.1) is 13.2 Å². The molecule has 0 atom stereocenters. The Bertz CT molecular complexity index is 733. The minimum atomic E-state index is -0.496. The van der Waals surface area contributed by atoms with Crippen molar-refractivity contribution in [1.82, 2.24) is 15.1 Å². The highest BCUT2D eigenvalue weighted by Crippen LogP contribution is 2.25. The number of ether oxygens (including phenoxy) is 1. The van der Waals surface area contributed by atoms with Gasteiger partial charge in [0.15, 0.2) is 5.82 Å². The summed E-state index contributed by atoms with van der Waals surface area (Å²) in [6, 6.07) is 9.47. The summed E-state index contributed by atoms with van der Waals surface area (Å²) < 4.78 is 8.15. The van der Waals surface area contributed by atoms with Crippen LogP contribution in [0.15, 0.2) is 36.5 Å². The number of anilines is 1. The van der Waals surface area contributed by atoms with Gasteiger partial charge in [-0.2, -0.15) is 5.10 Å². The summed E-state index contributed by atoms with van der Waals surface area (Å²) in [4.78, 5) is 24.8. The molecule has 1 heterocycles. The molecule has 140 valence electrons. The summed E-state index contributed by atoms with van der Waals surface area (Å²) in [7, 11) is 0. The molecule has 0 aliphatic rings. The topological polar surface area (TPSA) is 76.5 Å². The maximum atomic E-state index is 12.4. The Labute approximate surface area is 157 Å². The van der Waals surface area contributed by atoms with E-state index < -0.39 is 5.97 Å². The molecule has 1 aromatic heterocycles. The number of hydrogen-bond donors (Lipinski definition) is 1. The Morgan fingerprint density at radius 1 is 1.27 bits per heavy atom. The average molecular weight is 376 g/mol. The highest BCUT2D eigenvalue weighted by molar-refractivity contribution is 8.00. The van der Waals surface area contributed by atoms with E-state index in [0.717, 1.165) is 12.0 Å². The summed E-state index contributed by atoms with van der Waals surface area (Å²) in [5.74, 6) is -0.218. The second kappa shape index (κ2) is 9.86. The Hall–Kier alpha value is -2.48. The van der Waals surface area contributed by atoms with Crippen LogP contribution in [0.5, 0.6) is 0 Å². The van der Waals surface area contributed by atoms with Gasteiger partial charge >= 0.3 is 12.0 Å². The van der Waals surface area contributed by atoms with Crippen molar-refractivity contribution >= 4 is 29.8 Å². The van der Waals surface area contributed by atoms with Crippen LogP contribution in [0.3, 0.4) is 0 Å². The average Bonchev–Trinajstić information content (AvgIpc) is 3.05. The van der Waals surface area contributed by atoms with Crippen LogP contribution in [0.4, 0.5) is 10.6 Å². The predicted molar refractivity (Wildman–Crippen MR) is 103 cm³/mol. The molecule has 0 fully saturated rings. The van der Waals surface area contributed by atoms with Crippen molar-refractivity contribution in [3.05, 3.63) is 47.7 Å². The first-order valence-corrected chi connectivity index (χ1v) is 9.69. The van der Waals surface area contributed by atoms with Crippen molar-refractivity contribution in [2.24, 2.45) is 0 Å². The molecular weight excluding hydrogens is 352 g/mol. The lowest BCUT2D eigenvalue weighted by atomic mass is 10.2. The molecule has 1 N–H and O–H groups in total. The molecule has 0 spiro atoms. The molecule has 0 bridgehead atoms. The minimum Gasteiger partial charge on any atom is -0.462 e. The van der Waals surface area contributed by atoms with Crippen molar-refractivity contribution in [3.63, 3.8) is 0 Å². The number of carbonyl (C=O) groups excluding carboxylic acids is 2. The van der Waals surface area contributed by atoms with Gasteiger partial charge in [-0.15, -0.1) is 0 Å². The zero-order valence-electron chi connectivity index (χ0n) is 15.3. The molecule has 0 radical (unpaired) electrons. The highest BCUT2D eigenvalue weighted by atomic mass is 32.2. The summed E-state index contributed by atoms with van der Waals surface area (Å²) in [6.45, 7) is 5.01. The lowest BCUT2D eigenvalue weighted by molar-refractivity contribution is 0.0527. The van der Waals surface area contributed by atoms with Gasteiger partial charge in [-0.3, -0.25) is 4.68 Å². The molecule has 0 saturated carbocycles. The molecule has 26 heavy (non-hydrogen) atoms. The number of esters is 1. The molecular formula is C18H24N4O3S. The first-order chi connectivity index (χ1) is 12.6. The van der Waals surface area contributed by atoms with Crippen LogP contribution >= 0.6 is 11.9 Å². The van der Waals surface area contributed by atoms with Crippen LogP contribution in [-0.2, 0) is 11.3 Å². The molecule has 2 aromatic rings. The molecule has 0 aliphatic carbocycles. The summed E-state index contributed by atoms with van der Waals surface area (Å²) >= 11 is 1.19. The largest absolute Gasteiger partial charge is 0.462 e. The Kier molecular flexibility index (Phi) is 7.53. The lowest BCUT2D eigenvalue weighted by Gasteiger charge is -2.18. The number of nitrogens with zero attached hydrogens (tertiary/aromatic N) is 3. The van der Waals surface area contributed by atoms with E-state index in [9.17, 15) is 9.59 Å². The molecule has 0 unspecified atom stereocenters. The second-order valence-electron chi connectivity index (χ2n) is 5.48. The fourth-order valence-electron chi connectivity index (χ4n) is 2.33. The van der Waals surface area contributed by atoms with Crippen molar-refractivity contribution in [2.75, 3.05) is 23.7 Å². The van der Waals surface area contributed by atoms with E-state index in [2.05, 4.69) is 10.4 Å². The van der Waals surface area contributed by atoms with E-state index in [0.29, 0.717) is 13.1 Å².